The van der Waals surface area contributed by atoms with Gasteiger partial charge >= 0.3 is 9.28 Å². The summed E-state index contributed by atoms with van der Waals surface area (Å²) >= 11 is 0. The SMILES string of the molecule is CCCCCCCCCCCCCCCCCC[N+](C)(C)CCC[SiH](OCC)OCC.[Cl-]. The molecule has 0 aromatic rings. The van der Waals surface area contributed by atoms with Gasteiger partial charge in [-0.2, -0.15) is 0 Å². The Hall–Kier alpha value is 0.387. The summed E-state index contributed by atoms with van der Waals surface area (Å²) in [6.07, 6.45) is 24.4. The quantitative estimate of drug-likeness (QED) is 0.101. The summed E-state index contributed by atoms with van der Waals surface area (Å²) in [6, 6.07) is 1.16. The largest absolute Gasteiger partial charge is 1.00 e. The van der Waals surface area contributed by atoms with Crippen molar-refractivity contribution in [2.75, 3.05) is 40.4 Å². The van der Waals surface area contributed by atoms with Crippen molar-refractivity contribution in [2.24, 2.45) is 0 Å². The third-order valence-corrected chi connectivity index (χ3v) is 8.82. The molecule has 0 aromatic heterocycles. The Morgan fingerprint density at radius 3 is 1.22 bits per heavy atom. The summed E-state index contributed by atoms with van der Waals surface area (Å²) in [5, 5.41) is 0. The molecule has 0 aromatic carbocycles. The Morgan fingerprint density at radius 1 is 0.500 bits per heavy atom. The molecular weight excluding hydrogens is 434 g/mol. The minimum atomic E-state index is -1.40. The van der Waals surface area contributed by atoms with Crippen LogP contribution in [0.25, 0.3) is 0 Å². The number of rotatable bonds is 25. The highest BCUT2D eigenvalue weighted by Gasteiger charge is 2.18. The lowest BCUT2D eigenvalue weighted by Crippen LogP contribution is -3.00. The van der Waals surface area contributed by atoms with Gasteiger partial charge in [-0.05, 0) is 39.2 Å². The van der Waals surface area contributed by atoms with E-state index in [9.17, 15) is 0 Å². The second kappa shape index (κ2) is 26.0. The van der Waals surface area contributed by atoms with E-state index < -0.39 is 9.28 Å². The highest BCUT2D eigenvalue weighted by molar-refractivity contribution is 6.44. The van der Waals surface area contributed by atoms with E-state index in [1.807, 2.05) is 0 Å². The molecule has 0 rings (SSSR count). The van der Waals surface area contributed by atoms with Crippen molar-refractivity contribution < 1.29 is 25.7 Å². The van der Waals surface area contributed by atoms with E-state index in [2.05, 4.69) is 34.9 Å². The lowest BCUT2D eigenvalue weighted by Gasteiger charge is -2.30. The van der Waals surface area contributed by atoms with Gasteiger partial charge in [0.25, 0.3) is 0 Å². The smallest absolute Gasteiger partial charge is 0.321 e. The topological polar surface area (TPSA) is 18.5 Å². The van der Waals surface area contributed by atoms with Gasteiger partial charge in [-0.3, -0.25) is 0 Å². The minimum Gasteiger partial charge on any atom is -1.00 e. The predicted octanol–water partition coefficient (Wildman–Crippen LogP) is 5.01. The van der Waals surface area contributed by atoms with Crippen LogP contribution in [0.3, 0.4) is 0 Å². The summed E-state index contributed by atoms with van der Waals surface area (Å²) in [6.45, 7) is 10.6. The monoisotopic (exact) mass is 493 g/mol. The Balaban J connectivity index is 0. The third kappa shape index (κ3) is 25.0. The normalized spacial score (nSPS) is 11.8. The molecular formula is C27H60ClNO2Si. The predicted molar refractivity (Wildman–Crippen MR) is 141 cm³/mol. The van der Waals surface area contributed by atoms with Crippen molar-refractivity contribution in [3.05, 3.63) is 0 Å². The van der Waals surface area contributed by atoms with E-state index in [0.717, 1.165) is 23.7 Å². The molecule has 196 valence electrons. The van der Waals surface area contributed by atoms with E-state index in [1.165, 1.54) is 122 Å². The van der Waals surface area contributed by atoms with Crippen LogP contribution in [0.5, 0.6) is 0 Å². The Kier molecular flexibility index (Phi) is 28.1. The van der Waals surface area contributed by atoms with E-state index in [-0.39, 0.29) is 12.4 Å². The van der Waals surface area contributed by atoms with Crippen molar-refractivity contribution in [1.82, 2.24) is 0 Å². The van der Waals surface area contributed by atoms with Gasteiger partial charge < -0.3 is 25.7 Å². The van der Waals surface area contributed by atoms with Gasteiger partial charge in [0.2, 0.25) is 0 Å². The zero-order chi connectivity index (χ0) is 23.0. The number of nitrogens with zero attached hydrogens (tertiary/aromatic N) is 1. The van der Waals surface area contributed by atoms with Gasteiger partial charge in [0, 0.05) is 13.2 Å². The van der Waals surface area contributed by atoms with E-state index >= 15 is 0 Å². The first kappa shape index (κ1) is 34.6. The maximum atomic E-state index is 5.80. The summed E-state index contributed by atoms with van der Waals surface area (Å²) in [5.41, 5.74) is 0. The van der Waals surface area contributed by atoms with Crippen LogP contribution in [0.15, 0.2) is 0 Å². The van der Waals surface area contributed by atoms with Crippen LogP contribution in [-0.4, -0.2) is 54.2 Å². The second-order valence-electron chi connectivity index (χ2n) is 10.2. The van der Waals surface area contributed by atoms with Gasteiger partial charge in [0.15, 0.2) is 0 Å². The standard InChI is InChI=1S/C27H60NO2Si.ClH/c1-6-9-10-11-12-13-14-15-16-17-18-19-20-21-22-23-25-28(4,5)26-24-27-31(29-7-2)30-8-3;/h31H,6-27H2,1-5H3;1H/q+1;/p-1. The molecule has 0 heterocycles. The van der Waals surface area contributed by atoms with Crippen molar-refractivity contribution >= 4 is 9.28 Å². The van der Waals surface area contributed by atoms with Crippen LogP contribution in [0, 0.1) is 0 Å². The molecule has 0 fully saturated rings. The molecule has 5 heteroatoms. The molecule has 0 atom stereocenters. The van der Waals surface area contributed by atoms with Crippen LogP contribution >= 0.6 is 0 Å². The lowest BCUT2D eigenvalue weighted by molar-refractivity contribution is -0.890. The lowest BCUT2D eigenvalue weighted by atomic mass is 10.0. The molecule has 0 N–H and O–H groups in total. The van der Waals surface area contributed by atoms with Crippen LogP contribution in [0.4, 0.5) is 0 Å². The molecule has 0 unspecified atom stereocenters. The first-order valence-corrected chi connectivity index (χ1v) is 15.9. The number of hydrogen-bond donors (Lipinski definition) is 0. The maximum absolute atomic E-state index is 5.80. The number of quaternary nitrogens is 1. The van der Waals surface area contributed by atoms with Gasteiger partial charge in [-0.1, -0.05) is 96.8 Å². The van der Waals surface area contributed by atoms with Crippen LogP contribution in [-0.2, 0) is 8.85 Å². The summed E-state index contributed by atoms with van der Waals surface area (Å²) < 4.78 is 12.8. The fraction of sp³-hybridized carbons (Fsp3) is 1.00. The van der Waals surface area contributed by atoms with Crippen molar-refractivity contribution in [1.29, 1.82) is 0 Å². The number of unbranched alkanes of at least 4 members (excludes halogenated alkanes) is 15. The van der Waals surface area contributed by atoms with E-state index in [1.54, 1.807) is 0 Å². The van der Waals surface area contributed by atoms with Gasteiger partial charge in [-0.15, -0.1) is 0 Å². The first-order valence-electron chi connectivity index (χ1n) is 14.1. The molecule has 0 saturated carbocycles. The first-order chi connectivity index (χ1) is 15.1. The Morgan fingerprint density at radius 2 is 0.844 bits per heavy atom. The highest BCUT2D eigenvalue weighted by Crippen LogP contribution is 2.14. The summed E-state index contributed by atoms with van der Waals surface area (Å²) in [5.74, 6) is 0. The molecule has 0 aliphatic heterocycles. The van der Waals surface area contributed by atoms with Crippen LogP contribution in [0.2, 0.25) is 6.04 Å². The maximum Gasteiger partial charge on any atom is 0.321 e. The third-order valence-electron chi connectivity index (χ3n) is 6.53. The molecule has 3 nitrogen and oxygen atoms in total. The highest BCUT2D eigenvalue weighted by atomic mass is 35.5. The average molecular weight is 494 g/mol. The molecule has 0 amide bonds. The molecule has 0 saturated heterocycles. The molecule has 0 spiro atoms. The van der Waals surface area contributed by atoms with Gasteiger partial charge in [0.05, 0.1) is 27.2 Å². The zero-order valence-corrected chi connectivity index (χ0v) is 24.7. The summed E-state index contributed by atoms with van der Waals surface area (Å²) in [7, 11) is 3.38. The molecule has 0 aliphatic rings. The fourth-order valence-electron chi connectivity index (χ4n) is 4.47. The molecule has 0 aliphatic carbocycles. The van der Waals surface area contributed by atoms with Gasteiger partial charge in [-0.25, -0.2) is 0 Å². The van der Waals surface area contributed by atoms with Crippen molar-refractivity contribution in [2.45, 2.75) is 136 Å². The zero-order valence-electron chi connectivity index (χ0n) is 22.8. The summed E-state index contributed by atoms with van der Waals surface area (Å²) in [4.78, 5) is 0. The van der Waals surface area contributed by atoms with E-state index in [0.29, 0.717) is 0 Å². The number of halogens is 1. The van der Waals surface area contributed by atoms with Crippen LogP contribution in [0.1, 0.15) is 130 Å². The van der Waals surface area contributed by atoms with Gasteiger partial charge in [0.1, 0.15) is 0 Å². The second-order valence-corrected chi connectivity index (χ2v) is 12.3. The molecule has 0 bridgehead atoms. The molecule has 32 heavy (non-hydrogen) atoms. The van der Waals surface area contributed by atoms with Crippen LogP contribution < -0.4 is 12.4 Å². The fourth-order valence-corrected chi connectivity index (χ4v) is 6.16. The minimum absolute atomic E-state index is 0. The average Bonchev–Trinajstić information content (AvgIpc) is 2.73. The van der Waals surface area contributed by atoms with Crippen molar-refractivity contribution in [3.8, 4) is 0 Å². The van der Waals surface area contributed by atoms with Crippen molar-refractivity contribution in [3.63, 3.8) is 0 Å². The van der Waals surface area contributed by atoms with E-state index in [4.69, 9.17) is 8.85 Å². The molecule has 0 radical (unpaired) electrons. The number of hydrogen-bond acceptors (Lipinski definition) is 2. The Labute approximate surface area is 211 Å². The Bertz CT molecular complexity index is 353.